The molecule has 3 rings (SSSR count). The van der Waals surface area contributed by atoms with Crippen LogP contribution in [0.15, 0.2) is 54.2 Å². The summed E-state index contributed by atoms with van der Waals surface area (Å²) < 4.78 is 0. The van der Waals surface area contributed by atoms with Crippen molar-refractivity contribution in [1.29, 1.82) is 5.26 Å². The largest absolute Gasteiger partial charge is 0.343 e. The van der Waals surface area contributed by atoms with Gasteiger partial charge in [-0.25, -0.2) is 4.98 Å². The average Bonchev–Trinajstić information content (AvgIpc) is 3.13. The predicted molar refractivity (Wildman–Crippen MR) is 97.0 cm³/mol. The number of aromatic nitrogens is 2. The van der Waals surface area contributed by atoms with Gasteiger partial charge in [0.15, 0.2) is 0 Å². The molecule has 0 fully saturated rings. The van der Waals surface area contributed by atoms with Crippen LogP contribution in [-0.2, 0) is 6.42 Å². The Morgan fingerprint density at radius 3 is 3.00 bits per heavy atom. The van der Waals surface area contributed by atoms with Gasteiger partial charge < -0.3 is 5.32 Å². The Balaban J connectivity index is 1.71. The molecule has 5 nitrogen and oxygen atoms in total. The lowest BCUT2D eigenvalue weighted by molar-refractivity contribution is 0.0939. The molecule has 0 aliphatic rings. The van der Waals surface area contributed by atoms with E-state index in [1.807, 2.05) is 30.5 Å². The molecule has 1 N–H and O–H groups in total. The molecule has 6 heteroatoms. The lowest BCUT2D eigenvalue weighted by atomic mass is 10.1. The monoisotopic (exact) mass is 348 g/mol. The van der Waals surface area contributed by atoms with Crippen molar-refractivity contribution in [1.82, 2.24) is 15.3 Å². The number of hydrogen-bond acceptors (Lipinski definition) is 5. The van der Waals surface area contributed by atoms with Crippen molar-refractivity contribution in [2.24, 2.45) is 0 Å². The smallest absolute Gasteiger partial charge is 0.251 e. The molecule has 124 valence electrons. The zero-order chi connectivity index (χ0) is 17.6. The molecule has 0 unspecified atom stereocenters. The first-order valence-corrected chi connectivity index (χ1v) is 8.68. The number of carbonyl (C=O) groups is 1. The molecule has 0 saturated carbocycles. The van der Waals surface area contributed by atoms with E-state index >= 15 is 0 Å². The van der Waals surface area contributed by atoms with Crippen LogP contribution in [0.1, 0.15) is 33.9 Å². The summed E-state index contributed by atoms with van der Waals surface area (Å²) in [6.45, 7) is 1.91. The summed E-state index contributed by atoms with van der Waals surface area (Å²) in [5, 5.41) is 14.5. The topological polar surface area (TPSA) is 78.7 Å². The minimum absolute atomic E-state index is 0.176. The Bertz CT molecular complexity index is 914. The van der Waals surface area contributed by atoms with Gasteiger partial charge in [0.1, 0.15) is 5.01 Å². The Labute approximate surface area is 150 Å². The highest BCUT2D eigenvalue weighted by molar-refractivity contribution is 7.10. The number of rotatable bonds is 5. The number of nitrogens with zero attached hydrogens (tertiary/aromatic N) is 3. The van der Waals surface area contributed by atoms with E-state index in [1.54, 1.807) is 30.6 Å². The van der Waals surface area contributed by atoms with Gasteiger partial charge in [0.25, 0.3) is 5.91 Å². The van der Waals surface area contributed by atoms with Crippen LogP contribution in [0.25, 0.3) is 11.3 Å². The number of thiazole rings is 1. The molecule has 2 aromatic heterocycles. The summed E-state index contributed by atoms with van der Waals surface area (Å²) >= 11 is 1.50. The van der Waals surface area contributed by atoms with E-state index in [0.29, 0.717) is 5.56 Å². The van der Waals surface area contributed by atoms with E-state index < -0.39 is 0 Å². The summed E-state index contributed by atoms with van der Waals surface area (Å²) in [5.41, 5.74) is 3.18. The lowest BCUT2D eigenvalue weighted by Crippen LogP contribution is -2.26. The molecular weight excluding hydrogens is 332 g/mol. The van der Waals surface area contributed by atoms with E-state index in [0.717, 1.165) is 21.8 Å². The zero-order valence-electron chi connectivity index (χ0n) is 13.6. The second kappa shape index (κ2) is 7.69. The normalized spacial score (nSPS) is 11.5. The van der Waals surface area contributed by atoms with E-state index in [1.165, 1.54) is 11.3 Å². The van der Waals surface area contributed by atoms with Gasteiger partial charge in [0.05, 0.1) is 24.2 Å². The SMILES string of the molecule is C[C@H](NC(=O)c1cccc(CC#N)c1)c1nc(-c2cccnc2)cs1. The summed E-state index contributed by atoms with van der Waals surface area (Å²) in [5.74, 6) is -0.176. The van der Waals surface area contributed by atoms with Crippen molar-refractivity contribution in [2.45, 2.75) is 19.4 Å². The molecule has 1 amide bonds. The standard InChI is InChI=1S/C19H16N4OS/c1-13(19-23-17(12-25-19)16-6-3-9-21-11-16)22-18(24)15-5-2-4-14(10-15)7-8-20/h2-6,9-13H,7H2,1H3,(H,22,24)/t13-/m0/s1. The maximum Gasteiger partial charge on any atom is 0.251 e. The highest BCUT2D eigenvalue weighted by Crippen LogP contribution is 2.25. The van der Waals surface area contributed by atoms with Crippen molar-refractivity contribution in [3.63, 3.8) is 0 Å². The number of amides is 1. The number of hydrogen-bond donors (Lipinski definition) is 1. The van der Waals surface area contributed by atoms with E-state index in [4.69, 9.17) is 5.26 Å². The summed E-state index contributed by atoms with van der Waals surface area (Å²) in [7, 11) is 0. The van der Waals surface area contributed by atoms with Crippen LogP contribution < -0.4 is 5.32 Å². The fraction of sp³-hybridized carbons (Fsp3) is 0.158. The van der Waals surface area contributed by atoms with Crippen molar-refractivity contribution in [2.75, 3.05) is 0 Å². The Morgan fingerprint density at radius 1 is 1.36 bits per heavy atom. The highest BCUT2D eigenvalue weighted by atomic mass is 32.1. The molecule has 2 heterocycles. The minimum atomic E-state index is -0.206. The number of nitrogens with one attached hydrogen (secondary N) is 1. The third kappa shape index (κ3) is 4.08. The van der Waals surface area contributed by atoms with Gasteiger partial charge >= 0.3 is 0 Å². The molecule has 1 aromatic carbocycles. The first-order chi connectivity index (χ1) is 12.2. The van der Waals surface area contributed by atoms with Gasteiger partial charge in [0, 0.05) is 28.9 Å². The molecule has 0 saturated heterocycles. The number of benzene rings is 1. The van der Waals surface area contributed by atoms with Crippen LogP contribution >= 0.6 is 11.3 Å². The van der Waals surface area contributed by atoms with Crippen LogP contribution in [0.4, 0.5) is 0 Å². The Morgan fingerprint density at radius 2 is 2.24 bits per heavy atom. The molecule has 0 aliphatic carbocycles. The van der Waals surface area contributed by atoms with Crippen LogP contribution in [0, 0.1) is 11.3 Å². The predicted octanol–water partition coefficient (Wildman–Crippen LogP) is 3.76. The van der Waals surface area contributed by atoms with Crippen LogP contribution in [0.2, 0.25) is 0 Å². The van der Waals surface area contributed by atoms with Gasteiger partial charge in [0.2, 0.25) is 0 Å². The summed E-state index contributed by atoms with van der Waals surface area (Å²) in [6, 6.07) is 12.8. The molecule has 25 heavy (non-hydrogen) atoms. The quantitative estimate of drug-likeness (QED) is 0.761. The first-order valence-electron chi connectivity index (χ1n) is 7.80. The molecule has 1 atom stereocenters. The number of pyridine rings is 1. The average molecular weight is 348 g/mol. The van der Waals surface area contributed by atoms with Gasteiger partial charge in [-0.3, -0.25) is 9.78 Å². The van der Waals surface area contributed by atoms with Gasteiger partial charge in [-0.1, -0.05) is 12.1 Å². The van der Waals surface area contributed by atoms with E-state index in [-0.39, 0.29) is 18.4 Å². The Hall–Kier alpha value is -3.04. The fourth-order valence-corrected chi connectivity index (χ4v) is 3.22. The number of nitriles is 1. The second-order valence-corrected chi connectivity index (χ2v) is 6.43. The molecule has 0 spiro atoms. The fourth-order valence-electron chi connectivity index (χ4n) is 2.39. The molecule has 0 bridgehead atoms. The van der Waals surface area contributed by atoms with Crippen molar-refractivity contribution in [3.05, 3.63) is 70.3 Å². The molecule has 0 aliphatic heterocycles. The van der Waals surface area contributed by atoms with Crippen molar-refractivity contribution >= 4 is 17.2 Å². The van der Waals surface area contributed by atoms with Gasteiger partial charge in [-0.15, -0.1) is 11.3 Å². The second-order valence-electron chi connectivity index (χ2n) is 5.54. The maximum atomic E-state index is 12.4. The van der Waals surface area contributed by atoms with Crippen LogP contribution in [0.3, 0.4) is 0 Å². The third-order valence-corrected chi connectivity index (χ3v) is 4.70. The van der Waals surface area contributed by atoms with E-state index in [2.05, 4.69) is 21.4 Å². The number of carbonyl (C=O) groups excluding carboxylic acids is 1. The lowest BCUT2D eigenvalue weighted by Gasteiger charge is -2.11. The Kier molecular flexibility index (Phi) is 5.17. The van der Waals surface area contributed by atoms with Gasteiger partial charge in [-0.2, -0.15) is 5.26 Å². The van der Waals surface area contributed by atoms with Crippen molar-refractivity contribution in [3.8, 4) is 17.3 Å². The summed E-state index contributed by atoms with van der Waals surface area (Å²) in [4.78, 5) is 21.1. The minimum Gasteiger partial charge on any atom is -0.343 e. The van der Waals surface area contributed by atoms with Crippen LogP contribution in [0.5, 0.6) is 0 Å². The van der Waals surface area contributed by atoms with Gasteiger partial charge in [-0.05, 0) is 36.8 Å². The summed E-state index contributed by atoms with van der Waals surface area (Å²) in [6.07, 6.45) is 3.78. The van der Waals surface area contributed by atoms with Crippen LogP contribution in [-0.4, -0.2) is 15.9 Å². The van der Waals surface area contributed by atoms with Crippen molar-refractivity contribution < 1.29 is 4.79 Å². The zero-order valence-corrected chi connectivity index (χ0v) is 14.5. The maximum absolute atomic E-state index is 12.4. The molecular formula is C19H16N4OS. The third-order valence-electron chi connectivity index (χ3n) is 3.67. The highest BCUT2D eigenvalue weighted by Gasteiger charge is 2.15. The van der Waals surface area contributed by atoms with E-state index in [9.17, 15) is 4.79 Å². The molecule has 0 radical (unpaired) electrons. The molecule has 3 aromatic rings. The first kappa shape index (κ1) is 16.8.